The van der Waals surface area contributed by atoms with Gasteiger partial charge < -0.3 is 14.5 Å². The number of nitro groups is 1. The van der Waals surface area contributed by atoms with E-state index in [2.05, 4.69) is 5.32 Å². The third-order valence-electron chi connectivity index (χ3n) is 6.89. The number of anilines is 2. The van der Waals surface area contributed by atoms with Gasteiger partial charge in [0.15, 0.2) is 0 Å². The van der Waals surface area contributed by atoms with Crippen molar-refractivity contribution in [1.82, 2.24) is 4.57 Å². The smallest absolute Gasteiger partial charge is 0.308 e. The SMILES string of the molecule is COc1ccc(NC(=O)Cn2c3c(sc2=O)C(c2ccco2)C2C(=O)N(c4ccc([N+](=O)[O-])cc4)C(=O)C2S3)cc1. The number of nitrogens with zero attached hydrogens (tertiary/aromatic N) is 3. The Morgan fingerprint density at radius 2 is 1.80 bits per heavy atom. The minimum absolute atomic E-state index is 0.174. The second-order valence-electron chi connectivity index (χ2n) is 9.24. The van der Waals surface area contributed by atoms with Crippen LogP contribution in [0.4, 0.5) is 17.1 Å². The Morgan fingerprint density at radius 3 is 2.44 bits per heavy atom. The van der Waals surface area contributed by atoms with Gasteiger partial charge in [0.25, 0.3) is 5.69 Å². The molecular formula is C27H20N4O8S2. The van der Waals surface area contributed by atoms with Crippen molar-refractivity contribution in [2.24, 2.45) is 5.92 Å². The van der Waals surface area contributed by atoms with Crippen molar-refractivity contribution >= 4 is 57.9 Å². The quantitative estimate of drug-likeness (QED) is 0.191. The van der Waals surface area contributed by atoms with Crippen LogP contribution in [-0.2, 0) is 20.9 Å². The van der Waals surface area contributed by atoms with Gasteiger partial charge in [0.2, 0.25) is 17.7 Å². The van der Waals surface area contributed by atoms with E-state index in [1.165, 1.54) is 42.2 Å². The number of nitro benzene ring substituents is 1. The first-order valence-corrected chi connectivity index (χ1v) is 14.0. The number of ether oxygens (including phenoxy) is 1. The third kappa shape index (κ3) is 4.60. The molecule has 12 nitrogen and oxygen atoms in total. The number of carbonyl (C=O) groups is 3. The molecule has 3 unspecified atom stereocenters. The summed E-state index contributed by atoms with van der Waals surface area (Å²) in [5, 5.41) is 13.3. The van der Waals surface area contributed by atoms with Crippen molar-refractivity contribution in [3.8, 4) is 5.75 Å². The van der Waals surface area contributed by atoms with E-state index in [1.54, 1.807) is 36.4 Å². The number of carbonyl (C=O) groups excluding carboxylic acids is 3. The fraction of sp³-hybridized carbons (Fsp3) is 0.185. The monoisotopic (exact) mass is 592 g/mol. The molecule has 0 spiro atoms. The van der Waals surface area contributed by atoms with Crippen molar-refractivity contribution in [2.75, 3.05) is 17.3 Å². The van der Waals surface area contributed by atoms with Gasteiger partial charge in [0.1, 0.15) is 23.3 Å². The molecule has 2 aromatic carbocycles. The Morgan fingerprint density at radius 1 is 1.07 bits per heavy atom. The van der Waals surface area contributed by atoms with Crippen LogP contribution in [0.5, 0.6) is 5.75 Å². The molecule has 6 rings (SSSR count). The number of methoxy groups -OCH3 is 1. The van der Waals surface area contributed by atoms with Gasteiger partial charge in [-0.15, -0.1) is 0 Å². The molecule has 2 aliphatic rings. The van der Waals surface area contributed by atoms with Gasteiger partial charge in [-0.05, 0) is 48.5 Å². The van der Waals surface area contributed by atoms with E-state index in [1.807, 2.05) is 0 Å². The molecule has 2 aliphatic heterocycles. The molecule has 0 bridgehead atoms. The number of nitrogens with one attached hydrogen (secondary N) is 1. The number of aromatic nitrogens is 1. The van der Waals surface area contributed by atoms with Gasteiger partial charge in [-0.1, -0.05) is 23.1 Å². The van der Waals surface area contributed by atoms with Crippen molar-refractivity contribution in [1.29, 1.82) is 0 Å². The molecule has 1 saturated heterocycles. The molecule has 14 heteroatoms. The summed E-state index contributed by atoms with van der Waals surface area (Å²) in [5.41, 5.74) is 0.551. The van der Waals surface area contributed by atoms with E-state index < -0.39 is 44.6 Å². The second kappa shape index (κ2) is 10.4. The fourth-order valence-electron chi connectivity index (χ4n) is 5.03. The molecule has 41 heavy (non-hydrogen) atoms. The first-order chi connectivity index (χ1) is 19.8. The molecule has 4 heterocycles. The van der Waals surface area contributed by atoms with Crippen molar-refractivity contribution in [3.05, 3.63) is 97.3 Å². The van der Waals surface area contributed by atoms with E-state index in [-0.39, 0.29) is 17.9 Å². The predicted octanol–water partition coefficient (Wildman–Crippen LogP) is 3.85. The van der Waals surface area contributed by atoms with Crippen LogP contribution >= 0.6 is 23.1 Å². The Balaban J connectivity index is 1.34. The van der Waals surface area contributed by atoms with Crippen LogP contribution in [0.3, 0.4) is 0 Å². The maximum atomic E-state index is 13.8. The van der Waals surface area contributed by atoms with Crippen molar-refractivity contribution < 1.29 is 28.5 Å². The summed E-state index contributed by atoms with van der Waals surface area (Å²) in [5.74, 6) is -2.07. The van der Waals surface area contributed by atoms with Crippen LogP contribution in [-0.4, -0.2) is 39.6 Å². The van der Waals surface area contributed by atoms with Crippen LogP contribution in [0.15, 0.2) is 81.2 Å². The molecule has 1 fully saturated rings. The maximum absolute atomic E-state index is 13.8. The zero-order valence-corrected chi connectivity index (χ0v) is 22.8. The van der Waals surface area contributed by atoms with E-state index in [0.717, 1.165) is 28.0 Å². The highest BCUT2D eigenvalue weighted by Crippen LogP contribution is 2.54. The number of non-ortho nitro benzene ring substituents is 1. The Bertz CT molecular complexity index is 1730. The van der Waals surface area contributed by atoms with Gasteiger partial charge in [-0.3, -0.25) is 33.9 Å². The van der Waals surface area contributed by atoms with E-state index in [0.29, 0.717) is 27.1 Å². The topological polar surface area (TPSA) is 154 Å². The Labute approximate surface area is 239 Å². The molecule has 0 aliphatic carbocycles. The lowest BCUT2D eigenvalue weighted by atomic mass is 9.87. The summed E-state index contributed by atoms with van der Waals surface area (Å²) in [6.07, 6.45) is 1.45. The summed E-state index contributed by atoms with van der Waals surface area (Å²) in [6.45, 7) is -0.305. The molecule has 0 saturated carbocycles. The summed E-state index contributed by atoms with van der Waals surface area (Å²) >= 11 is 1.97. The Hall–Kier alpha value is -4.69. The van der Waals surface area contributed by atoms with Gasteiger partial charge in [-0.25, -0.2) is 4.90 Å². The predicted molar refractivity (Wildman–Crippen MR) is 149 cm³/mol. The lowest BCUT2D eigenvalue weighted by Gasteiger charge is -2.29. The average Bonchev–Trinajstić information content (AvgIpc) is 3.66. The number of imide groups is 1. The van der Waals surface area contributed by atoms with Crippen LogP contribution in [0.1, 0.15) is 16.6 Å². The number of thiazole rings is 1. The van der Waals surface area contributed by atoms with Crippen molar-refractivity contribution in [3.63, 3.8) is 0 Å². The maximum Gasteiger partial charge on any atom is 0.308 e. The molecule has 3 amide bonds. The second-order valence-corrected chi connectivity index (χ2v) is 11.4. The minimum Gasteiger partial charge on any atom is -0.497 e. The molecule has 4 aromatic rings. The molecular weight excluding hydrogens is 572 g/mol. The molecule has 1 N–H and O–H groups in total. The van der Waals surface area contributed by atoms with Crippen LogP contribution in [0, 0.1) is 16.0 Å². The molecule has 3 atom stereocenters. The first kappa shape index (κ1) is 26.5. The lowest BCUT2D eigenvalue weighted by Crippen LogP contribution is -2.32. The van der Waals surface area contributed by atoms with E-state index >= 15 is 0 Å². The highest BCUT2D eigenvalue weighted by Gasteiger charge is 2.57. The van der Waals surface area contributed by atoms with Gasteiger partial charge in [0.05, 0.1) is 45.7 Å². The zero-order chi connectivity index (χ0) is 28.8. The standard InChI is InChI=1S/C27H20N4O8S2/c1-38-17-10-4-14(5-11-17)28-19(32)13-29-26-23(41-27(29)35)20(18-3-2-12-39-18)21-22(40-26)25(34)30(24(21)33)15-6-8-16(9-7-15)31(36)37/h2-12,20-22H,13H2,1H3,(H,28,32). The summed E-state index contributed by atoms with van der Waals surface area (Å²) < 4.78 is 12.1. The number of thioether (sulfide) groups is 1. The number of hydrogen-bond donors (Lipinski definition) is 1. The van der Waals surface area contributed by atoms with Gasteiger partial charge >= 0.3 is 4.87 Å². The minimum atomic E-state index is -0.912. The highest BCUT2D eigenvalue weighted by molar-refractivity contribution is 8.00. The van der Waals surface area contributed by atoms with E-state index in [4.69, 9.17) is 9.15 Å². The van der Waals surface area contributed by atoms with Crippen LogP contribution in [0.2, 0.25) is 0 Å². The molecule has 0 radical (unpaired) electrons. The average molecular weight is 593 g/mol. The molecule has 2 aromatic heterocycles. The summed E-state index contributed by atoms with van der Waals surface area (Å²) in [6, 6.07) is 15.2. The number of hydrogen-bond acceptors (Lipinski definition) is 10. The lowest BCUT2D eigenvalue weighted by molar-refractivity contribution is -0.384. The number of furan rings is 1. The first-order valence-electron chi connectivity index (χ1n) is 12.3. The number of rotatable bonds is 7. The van der Waals surface area contributed by atoms with Gasteiger partial charge in [-0.2, -0.15) is 0 Å². The number of amides is 3. The largest absolute Gasteiger partial charge is 0.497 e. The fourth-order valence-corrected chi connectivity index (χ4v) is 7.78. The highest BCUT2D eigenvalue weighted by atomic mass is 32.2. The zero-order valence-electron chi connectivity index (χ0n) is 21.2. The van der Waals surface area contributed by atoms with Crippen LogP contribution < -0.4 is 19.8 Å². The third-order valence-corrected chi connectivity index (χ3v) is 9.50. The van der Waals surface area contributed by atoms with Crippen molar-refractivity contribution in [2.45, 2.75) is 22.7 Å². The number of benzene rings is 2. The Kier molecular flexibility index (Phi) is 6.71. The molecule has 208 valence electrons. The van der Waals surface area contributed by atoms with Crippen LogP contribution in [0.25, 0.3) is 0 Å². The normalized spacial score (nSPS) is 19.5. The summed E-state index contributed by atoms with van der Waals surface area (Å²) in [4.78, 5) is 65.2. The van der Waals surface area contributed by atoms with E-state index in [9.17, 15) is 29.3 Å². The van der Waals surface area contributed by atoms with Gasteiger partial charge in [0, 0.05) is 17.8 Å². The summed E-state index contributed by atoms with van der Waals surface area (Å²) in [7, 11) is 1.53. The number of fused-ring (bicyclic) bond motifs is 2.